The third-order valence-corrected chi connectivity index (χ3v) is 2.06. The largest absolute Gasteiger partial charge is 0.326 e. The highest BCUT2D eigenvalue weighted by Crippen LogP contribution is 2.22. The van der Waals surface area contributed by atoms with Gasteiger partial charge >= 0.3 is 0 Å². The Balaban J connectivity index is 3.06. The van der Waals surface area contributed by atoms with E-state index in [2.05, 4.69) is 5.32 Å². The Bertz CT molecular complexity index is 452. The first-order valence-electron chi connectivity index (χ1n) is 4.75. The van der Waals surface area contributed by atoms with Crippen molar-refractivity contribution >= 4 is 35.1 Å². The molecular weight excluding hydrogens is 226 g/mol. The number of hydrogen-bond donors (Lipinski definition) is 1. The number of halogens is 1. The predicted octanol–water partition coefficient (Wildman–Crippen LogP) is 2.90. The third-order valence-electron chi connectivity index (χ3n) is 1.82. The Kier molecular flexibility index (Phi) is 4.26. The lowest BCUT2D eigenvalue weighted by molar-refractivity contribution is -0.114. The molecule has 3 nitrogen and oxygen atoms in total. The summed E-state index contributed by atoms with van der Waals surface area (Å²) >= 11 is 5.82. The Morgan fingerprint density at radius 2 is 2.00 bits per heavy atom. The highest BCUT2D eigenvalue weighted by atomic mass is 35.5. The van der Waals surface area contributed by atoms with Gasteiger partial charge in [0.1, 0.15) is 0 Å². The van der Waals surface area contributed by atoms with E-state index in [0.29, 0.717) is 10.7 Å². The van der Waals surface area contributed by atoms with E-state index in [-0.39, 0.29) is 11.7 Å². The van der Waals surface area contributed by atoms with E-state index in [0.717, 1.165) is 5.56 Å². The number of carbonyl (C=O) groups is 2. The molecule has 0 spiro atoms. The van der Waals surface area contributed by atoms with Gasteiger partial charge in [0.2, 0.25) is 5.91 Å². The normalized spacial score (nSPS) is 10.4. The molecule has 0 heterocycles. The van der Waals surface area contributed by atoms with Crippen molar-refractivity contribution in [2.45, 2.75) is 13.8 Å². The molecule has 1 aromatic rings. The third kappa shape index (κ3) is 3.87. The summed E-state index contributed by atoms with van der Waals surface area (Å²) in [7, 11) is 0. The molecule has 0 fully saturated rings. The van der Waals surface area contributed by atoms with Gasteiger partial charge in [0, 0.05) is 17.6 Å². The van der Waals surface area contributed by atoms with Gasteiger partial charge in [-0.1, -0.05) is 17.7 Å². The van der Waals surface area contributed by atoms with Crippen molar-refractivity contribution in [3.05, 3.63) is 34.9 Å². The van der Waals surface area contributed by atoms with Crippen molar-refractivity contribution in [2.24, 2.45) is 0 Å². The number of benzene rings is 1. The zero-order chi connectivity index (χ0) is 12.1. The number of allylic oxidation sites excluding steroid dienone is 1. The molecule has 0 saturated carbocycles. The topological polar surface area (TPSA) is 46.2 Å². The van der Waals surface area contributed by atoms with Crippen molar-refractivity contribution in [3.63, 3.8) is 0 Å². The minimum atomic E-state index is -0.181. The first-order valence-corrected chi connectivity index (χ1v) is 5.12. The summed E-state index contributed by atoms with van der Waals surface area (Å²) in [6, 6.07) is 5.09. The van der Waals surface area contributed by atoms with Crippen LogP contribution in [0.25, 0.3) is 6.08 Å². The van der Waals surface area contributed by atoms with E-state index < -0.39 is 0 Å². The molecule has 16 heavy (non-hydrogen) atoms. The van der Waals surface area contributed by atoms with E-state index in [1.54, 1.807) is 24.3 Å². The number of ketones is 1. The number of anilines is 1. The van der Waals surface area contributed by atoms with Crippen LogP contribution < -0.4 is 5.32 Å². The van der Waals surface area contributed by atoms with Gasteiger partial charge in [-0.05, 0) is 36.8 Å². The summed E-state index contributed by atoms with van der Waals surface area (Å²) in [4.78, 5) is 21.8. The van der Waals surface area contributed by atoms with Gasteiger partial charge in [-0.25, -0.2) is 0 Å². The van der Waals surface area contributed by atoms with E-state index in [4.69, 9.17) is 11.6 Å². The minimum absolute atomic E-state index is 0.0521. The molecular formula is C12H12ClNO2. The van der Waals surface area contributed by atoms with Gasteiger partial charge in [-0.2, -0.15) is 0 Å². The van der Waals surface area contributed by atoms with Crippen LogP contribution in [0.5, 0.6) is 0 Å². The van der Waals surface area contributed by atoms with Crippen LogP contribution in [0.15, 0.2) is 24.3 Å². The highest BCUT2D eigenvalue weighted by molar-refractivity contribution is 6.31. The smallest absolute Gasteiger partial charge is 0.221 e. The average molecular weight is 238 g/mol. The van der Waals surface area contributed by atoms with Crippen LogP contribution in [0.3, 0.4) is 0 Å². The van der Waals surface area contributed by atoms with Crippen LogP contribution in [0.1, 0.15) is 19.4 Å². The molecule has 0 aliphatic rings. The summed E-state index contributed by atoms with van der Waals surface area (Å²) < 4.78 is 0. The van der Waals surface area contributed by atoms with Crippen molar-refractivity contribution in [3.8, 4) is 0 Å². The number of hydrogen-bond acceptors (Lipinski definition) is 2. The second-order valence-electron chi connectivity index (χ2n) is 3.36. The molecule has 84 valence electrons. The Hall–Kier alpha value is -1.61. The van der Waals surface area contributed by atoms with Gasteiger partial charge in [0.15, 0.2) is 5.78 Å². The van der Waals surface area contributed by atoms with E-state index in [1.165, 1.54) is 19.9 Å². The van der Waals surface area contributed by atoms with Crippen molar-refractivity contribution < 1.29 is 9.59 Å². The van der Waals surface area contributed by atoms with Crippen LogP contribution in [0, 0.1) is 0 Å². The molecule has 4 heteroatoms. The maximum atomic E-state index is 11.0. The Morgan fingerprint density at radius 3 is 2.56 bits per heavy atom. The molecule has 0 radical (unpaired) electrons. The van der Waals surface area contributed by atoms with E-state index in [9.17, 15) is 9.59 Å². The SMILES string of the molecule is CC(=O)/C=C/c1ccc(Cl)cc1NC(C)=O. The van der Waals surface area contributed by atoms with Gasteiger partial charge in [-0.15, -0.1) is 0 Å². The van der Waals surface area contributed by atoms with Crippen molar-refractivity contribution in [1.29, 1.82) is 0 Å². The lowest BCUT2D eigenvalue weighted by Gasteiger charge is -2.06. The first-order chi connectivity index (χ1) is 7.49. The van der Waals surface area contributed by atoms with Crippen molar-refractivity contribution in [2.75, 3.05) is 5.32 Å². The molecule has 1 amide bonds. The second kappa shape index (κ2) is 5.47. The molecule has 0 unspecified atom stereocenters. The molecule has 0 aromatic heterocycles. The molecule has 0 saturated heterocycles. The van der Waals surface area contributed by atoms with Crippen LogP contribution in [0.2, 0.25) is 5.02 Å². The summed E-state index contributed by atoms with van der Waals surface area (Å²) in [5.74, 6) is -0.233. The zero-order valence-corrected chi connectivity index (χ0v) is 9.84. The Morgan fingerprint density at radius 1 is 1.31 bits per heavy atom. The van der Waals surface area contributed by atoms with Gasteiger partial charge in [0.05, 0.1) is 0 Å². The quantitative estimate of drug-likeness (QED) is 0.822. The van der Waals surface area contributed by atoms with Crippen LogP contribution >= 0.6 is 11.6 Å². The summed E-state index contributed by atoms with van der Waals surface area (Å²) in [5, 5.41) is 3.18. The summed E-state index contributed by atoms with van der Waals surface area (Å²) in [6.07, 6.45) is 3.08. The molecule has 1 N–H and O–H groups in total. The van der Waals surface area contributed by atoms with Crippen molar-refractivity contribution in [1.82, 2.24) is 0 Å². The van der Waals surface area contributed by atoms with Gasteiger partial charge < -0.3 is 5.32 Å². The molecule has 0 aliphatic heterocycles. The fraction of sp³-hybridized carbons (Fsp3) is 0.167. The lowest BCUT2D eigenvalue weighted by atomic mass is 10.1. The standard InChI is InChI=1S/C12H12ClNO2/c1-8(15)3-4-10-5-6-11(13)7-12(10)14-9(2)16/h3-7H,1-2H3,(H,14,16)/b4-3+. The lowest BCUT2D eigenvalue weighted by Crippen LogP contribution is -2.07. The molecule has 0 aliphatic carbocycles. The molecule has 0 bridgehead atoms. The monoisotopic (exact) mass is 237 g/mol. The average Bonchev–Trinajstić information content (AvgIpc) is 2.15. The highest BCUT2D eigenvalue weighted by Gasteiger charge is 2.02. The number of carbonyl (C=O) groups excluding carboxylic acids is 2. The first kappa shape index (κ1) is 12.5. The van der Waals surface area contributed by atoms with Crippen LogP contribution in [-0.4, -0.2) is 11.7 Å². The fourth-order valence-corrected chi connectivity index (χ4v) is 1.35. The zero-order valence-electron chi connectivity index (χ0n) is 9.08. The Labute approximate surface area is 99.1 Å². The molecule has 1 rings (SSSR count). The summed E-state index contributed by atoms with van der Waals surface area (Å²) in [5.41, 5.74) is 1.34. The maximum absolute atomic E-state index is 11.0. The number of rotatable bonds is 3. The van der Waals surface area contributed by atoms with Crippen LogP contribution in [-0.2, 0) is 9.59 Å². The van der Waals surface area contributed by atoms with Crippen LogP contribution in [0.4, 0.5) is 5.69 Å². The number of nitrogens with one attached hydrogen (secondary N) is 1. The van der Waals surface area contributed by atoms with Gasteiger partial charge in [-0.3, -0.25) is 9.59 Å². The summed E-state index contributed by atoms with van der Waals surface area (Å²) in [6.45, 7) is 2.88. The number of amides is 1. The molecule has 1 aromatic carbocycles. The maximum Gasteiger partial charge on any atom is 0.221 e. The molecule has 0 atom stereocenters. The predicted molar refractivity (Wildman–Crippen MR) is 65.5 cm³/mol. The minimum Gasteiger partial charge on any atom is -0.326 e. The van der Waals surface area contributed by atoms with E-state index in [1.807, 2.05) is 0 Å². The fourth-order valence-electron chi connectivity index (χ4n) is 1.18. The van der Waals surface area contributed by atoms with Gasteiger partial charge in [0.25, 0.3) is 0 Å². The second-order valence-corrected chi connectivity index (χ2v) is 3.79. The van der Waals surface area contributed by atoms with E-state index >= 15 is 0 Å².